The minimum atomic E-state index is -0.226. The van der Waals surface area contributed by atoms with E-state index < -0.39 is 0 Å². The van der Waals surface area contributed by atoms with Gasteiger partial charge in [-0.25, -0.2) is 0 Å². The normalized spacial score (nSPS) is 10.4. The predicted octanol–water partition coefficient (Wildman–Crippen LogP) is 1.33. The second-order valence-electron chi connectivity index (χ2n) is 3.98. The number of hydrogen-bond acceptors (Lipinski definition) is 4. The van der Waals surface area contributed by atoms with E-state index in [1.54, 1.807) is 35.3 Å². The molecular formula is C12H14ClN5O. The zero-order valence-electron chi connectivity index (χ0n) is 10.2. The van der Waals surface area contributed by atoms with Gasteiger partial charge in [0.25, 0.3) is 5.91 Å². The van der Waals surface area contributed by atoms with Gasteiger partial charge in [0.2, 0.25) is 0 Å². The molecule has 2 aromatic rings. The highest BCUT2D eigenvalue weighted by Crippen LogP contribution is 2.22. The molecule has 0 spiro atoms. The SMILES string of the molecule is Nc1cccc(C(=O)NCCCn2ccnn2)c1Cl. The highest BCUT2D eigenvalue weighted by molar-refractivity contribution is 6.36. The average molecular weight is 280 g/mol. The molecule has 19 heavy (non-hydrogen) atoms. The smallest absolute Gasteiger partial charge is 0.252 e. The monoisotopic (exact) mass is 279 g/mol. The molecule has 0 fully saturated rings. The number of rotatable bonds is 5. The summed E-state index contributed by atoms with van der Waals surface area (Å²) in [5, 5.41) is 10.6. The van der Waals surface area contributed by atoms with Crippen LogP contribution in [0.15, 0.2) is 30.6 Å². The molecule has 0 aliphatic carbocycles. The van der Waals surface area contributed by atoms with Crippen LogP contribution in [-0.2, 0) is 6.54 Å². The molecule has 0 radical (unpaired) electrons. The first-order chi connectivity index (χ1) is 9.18. The molecular weight excluding hydrogens is 266 g/mol. The number of amides is 1. The lowest BCUT2D eigenvalue weighted by atomic mass is 10.2. The quantitative estimate of drug-likeness (QED) is 0.639. The van der Waals surface area contributed by atoms with Crippen LogP contribution in [0.3, 0.4) is 0 Å². The molecule has 0 saturated heterocycles. The molecule has 1 aromatic heterocycles. The van der Waals surface area contributed by atoms with Crippen LogP contribution in [0, 0.1) is 0 Å². The lowest BCUT2D eigenvalue weighted by molar-refractivity contribution is 0.0953. The van der Waals surface area contributed by atoms with Crippen LogP contribution in [0.2, 0.25) is 5.02 Å². The van der Waals surface area contributed by atoms with E-state index in [9.17, 15) is 4.79 Å². The van der Waals surface area contributed by atoms with Crippen LogP contribution in [0.1, 0.15) is 16.8 Å². The van der Waals surface area contributed by atoms with E-state index in [2.05, 4.69) is 15.6 Å². The van der Waals surface area contributed by atoms with Crippen molar-refractivity contribution in [2.75, 3.05) is 12.3 Å². The first kappa shape index (κ1) is 13.4. The Morgan fingerprint density at radius 3 is 3.05 bits per heavy atom. The molecule has 1 aromatic carbocycles. The fourth-order valence-corrected chi connectivity index (χ4v) is 1.83. The van der Waals surface area contributed by atoms with Crippen molar-refractivity contribution in [2.45, 2.75) is 13.0 Å². The summed E-state index contributed by atoms with van der Waals surface area (Å²) in [5.41, 5.74) is 6.44. The zero-order valence-corrected chi connectivity index (χ0v) is 11.0. The third-order valence-corrected chi connectivity index (χ3v) is 3.02. The average Bonchev–Trinajstić information content (AvgIpc) is 2.91. The molecule has 0 atom stereocenters. The van der Waals surface area contributed by atoms with Gasteiger partial charge in [-0.15, -0.1) is 5.10 Å². The van der Waals surface area contributed by atoms with Gasteiger partial charge in [0, 0.05) is 19.3 Å². The number of nitrogen functional groups attached to an aromatic ring is 1. The Hall–Kier alpha value is -2.08. The minimum Gasteiger partial charge on any atom is -0.398 e. The van der Waals surface area contributed by atoms with Gasteiger partial charge in [0.15, 0.2) is 0 Å². The van der Waals surface area contributed by atoms with Crippen LogP contribution >= 0.6 is 11.6 Å². The molecule has 0 aliphatic rings. The zero-order chi connectivity index (χ0) is 13.7. The van der Waals surface area contributed by atoms with E-state index in [0.717, 1.165) is 6.42 Å². The van der Waals surface area contributed by atoms with E-state index in [1.807, 2.05) is 0 Å². The van der Waals surface area contributed by atoms with Crippen molar-refractivity contribution in [3.05, 3.63) is 41.2 Å². The number of aromatic nitrogens is 3. The van der Waals surface area contributed by atoms with Crippen LogP contribution in [0.5, 0.6) is 0 Å². The number of nitrogens with one attached hydrogen (secondary N) is 1. The standard InChI is InChI=1S/C12H14ClN5O/c13-11-9(3-1-4-10(11)14)12(19)15-5-2-7-18-8-6-16-17-18/h1,3-4,6,8H,2,5,7,14H2,(H,15,19). The van der Waals surface area contributed by atoms with Gasteiger partial charge in [-0.05, 0) is 18.6 Å². The number of carbonyl (C=O) groups is 1. The number of hydrogen-bond donors (Lipinski definition) is 2. The van der Waals surface area contributed by atoms with E-state index in [-0.39, 0.29) is 10.9 Å². The van der Waals surface area contributed by atoms with Gasteiger partial charge in [-0.3, -0.25) is 9.48 Å². The number of carbonyl (C=O) groups excluding carboxylic acids is 1. The summed E-state index contributed by atoms with van der Waals surface area (Å²) in [6, 6.07) is 5.00. The van der Waals surface area contributed by atoms with Gasteiger partial charge in [0.05, 0.1) is 22.5 Å². The van der Waals surface area contributed by atoms with Crippen molar-refractivity contribution in [2.24, 2.45) is 0 Å². The summed E-state index contributed by atoms with van der Waals surface area (Å²) < 4.78 is 1.71. The highest BCUT2D eigenvalue weighted by Gasteiger charge is 2.11. The first-order valence-corrected chi connectivity index (χ1v) is 6.22. The second-order valence-corrected chi connectivity index (χ2v) is 4.36. The third kappa shape index (κ3) is 3.45. The molecule has 0 saturated carbocycles. The van der Waals surface area contributed by atoms with E-state index in [0.29, 0.717) is 24.3 Å². The van der Waals surface area contributed by atoms with Gasteiger partial charge in [-0.1, -0.05) is 22.9 Å². The summed E-state index contributed by atoms with van der Waals surface area (Å²) in [7, 11) is 0. The number of halogens is 1. The van der Waals surface area contributed by atoms with Crippen molar-refractivity contribution in [3.63, 3.8) is 0 Å². The molecule has 7 heteroatoms. The van der Waals surface area contributed by atoms with Crippen LogP contribution in [0.25, 0.3) is 0 Å². The Kier molecular flexibility index (Phi) is 4.35. The topological polar surface area (TPSA) is 85.8 Å². The Labute approximate surface area is 115 Å². The van der Waals surface area contributed by atoms with Gasteiger partial charge < -0.3 is 11.1 Å². The van der Waals surface area contributed by atoms with Crippen LogP contribution in [0.4, 0.5) is 5.69 Å². The maximum Gasteiger partial charge on any atom is 0.252 e. The van der Waals surface area contributed by atoms with Crippen molar-refractivity contribution >= 4 is 23.2 Å². The van der Waals surface area contributed by atoms with E-state index in [4.69, 9.17) is 17.3 Å². The third-order valence-electron chi connectivity index (χ3n) is 2.59. The Balaban J connectivity index is 1.83. The summed E-state index contributed by atoms with van der Waals surface area (Å²) in [4.78, 5) is 11.9. The molecule has 6 nitrogen and oxygen atoms in total. The maximum atomic E-state index is 11.9. The Morgan fingerprint density at radius 1 is 1.47 bits per heavy atom. The van der Waals surface area contributed by atoms with Crippen molar-refractivity contribution in [1.82, 2.24) is 20.3 Å². The van der Waals surface area contributed by atoms with Crippen LogP contribution < -0.4 is 11.1 Å². The van der Waals surface area contributed by atoms with E-state index in [1.165, 1.54) is 0 Å². The summed E-state index contributed by atoms with van der Waals surface area (Å²) >= 11 is 5.97. The lowest BCUT2D eigenvalue weighted by Gasteiger charge is -2.08. The predicted molar refractivity (Wildman–Crippen MR) is 72.8 cm³/mol. The largest absolute Gasteiger partial charge is 0.398 e. The van der Waals surface area contributed by atoms with Crippen molar-refractivity contribution < 1.29 is 4.79 Å². The summed E-state index contributed by atoms with van der Waals surface area (Å²) in [6.07, 6.45) is 4.15. The molecule has 100 valence electrons. The molecule has 0 unspecified atom stereocenters. The minimum absolute atomic E-state index is 0.226. The lowest BCUT2D eigenvalue weighted by Crippen LogP contribution is -2.25. The fraction of sp³-hybridized carbons (Fsp3) is 0.250. The Bertz CT molecular complexity index is 555. The molecule has 2 rings (SSSR count). The number of nitrogens with zero attached hydrogens (tertiary/aromatic N) is 3. The number of anilines is 1. The van der Waals surface area contributed by atoms with Crippen molar-refractivity contribution in [1.29, 1.82) is 0 Å². The van der Waals surface area contributed by atoms with Gasteiger partial charge >= 0.3 is 0 Å². The second kappa shape index (κ2) is 6.19. The highest BCUT2D eigenvalue weighted by atomic mass is 35.5. The summed E-state index contributed by atoms with van der Waals surface area (Å²) in [6.45, 7) is 1.23. The van der Waals surface area contributed by atoms with E-state index >= 15 is 0 Å². The molecule has 1 heterocycles. The van der Waals surface area contributed by atoms with Crippen molar-refractivity contribution in [3.8, 4) is 0 Å². The Morgan fingerprint density at radius 2 is 2.32 bits per heavy atom. The van der Waals surface area contributed by atoms with Gasteiger partial charge in [0.1, 0.15) is 0 Å². The maximum absolute atomic E-state index is 11.9. The summed E-state index contributed by atoms with van der Waals surface area (Å²) in [5.74, 6) is -0.226. The number of nitrogens with two attached hydrogens (primary N) is 1. The molecule has 3 N–H and O–H groups in total. The molecule has 0 aliphatic heterocycles. The van der Waals surface area contributed by atoms with Gasteiger partial charge in [-0.2, -0.15) is 0 Å². The number of benzene rings is 1. The molecule has 1 amide bonds. The fourth-order valence-electron chi connectivity index (χ4n) is 1.62. The molecule has 0 bridgehead atoms. The first-order valence-electron chi connectivity index (χ1n) is 5.85. The van der Waals surface area contributed by atoms with Crippen LogP contribution in [-0.4, -0.2) is 27.4 Å². The number of aryl methyl sites for hydroxylation is 1.